The van der Waals surface area contributed by atoms with Crippen LogP contribution in [0.25, 0.3) is 0 Å². The van der Waals surface area contributed by atoms with E-state index in [0.29, 0.717) is 6.07 Å². The van der Waals surface area contributed by atoms with Crippen molar-refractivity contribution >= 4 is 33.0 Å². The van der Waals surface area contributed by atoms with Gasteiger partial charge in [0.1, 0.15) is 30.2 Å². The van der Waals surface area contributed by atoms with Gasteiger partial charge < -0.3 is 35.8 Å². The number of primary sulfonamides is 1. The molecule has 146 valence electrons. The summed E-state index contributed by atoms with van der Waals surface area (Å²) in [6.45, 7) is -0.619. The molecule has 1 fully saturated rings. The van der Waals surface area contributed by atoms with Gasteiger partial charge >= 0.3 is 0 Å². The zero-order valence-corrected chi connectivity index (χ0v) is 14.7. The maximum absolute atomic E-state index is 14.0. The summed E-state index contributed by atoms with van der Waals surface area (Å²) in [4.78, 5) is -0.427. The molecule has 8 N–H and O–H groups in total. The highest BCUT2D eigenvalue weighted by Crippen LogP contribution is 2.21. The van der Waals surface area contributed by atoms with E-state index in [0.717, 1.165) is 12.1 Å². The molecule has 0 radical (unpaired) electrons. The molecule has 0 spiro atoms. The number of hydrogen-bond acceptors (Lipinski definition) is 8. The lowest BCUT2D eigenvalue weighted by Crippen LogP contribution is -2.64. The van der Waals surface area contributed by atoms with E-state index >= 15 is 0 Å². The van der Waals surface area contributed by atoms with Gasteiger partial charge in [0.05, 0.1) is 17.2 Å². The van der Waals surface area contributed by atoms with E-state index in [1.807, 2.05) is 0 Å². The Morgan fingerprint density at radius 1 is 1.31 bits per heavy atom. The van der Waals surface area contributed by atoms with Gasteiger partial charge in [0.15, 0.2) is 11.4 Å². The normalized spacial score (nSPS) is 29.2. The van der Waals surface area contributed by atoms with Crippen molar-refractivity contribution in [3.63, 3.8) is 0 Å². The Kier molecular flexibility index (Phi) is 6.46. The lowest BCUT2D eigenvalue weighted by Gasteiger charge is -2.40. The maximum Gasteiger partial charge on any atom is 0.238 e. The number of anilines is 1. The third kappa shape index (κ3) is 4.63. The zero-order valence-electron chi connectivity index (χ0n) is 13.1. The summed E-state index contributed by atoms with van der Waals surface area (Å²) in [5.74, 6) is -0.956. The molecule has 26 heavy (non-hydrogen) atoms. The summed E-state index contributed by atoms with van der Waals surface area (Å²) in [6, 6.07) is 1.58. The fourth-order valence-electron chi connectivity index (χ4n) is 2.34. The van der Waals surface area contributed by atoms with E-state index in [1.165, 1.54) is 0 Å². The fourth-order valence-corrected chi connectivity index (χ4v) is 3.11. The van der Waals surface area contributed by atoms with E-state index in [9.17, 15) is 28.1 Å². The fraction of sp³-hybridized carbons (Fsp3) is 0.462. The molecule has 0 aliphatic carbocycles. The quantitative estimate of drug-likeness (QED) is 0.264. The monoisotopic (exact) mass is 411 g/mol. The first-order valence-electron chi connectivity index (χ1n) is 7.25. The number of ether oxygens (including phenoxy) is 1. The molecule has 0 amide bonds. The van der Waals surface area contributed by atoms with Crippen LogP contribution in [0.2, 0.25) is 0 Å². The molecule has 1 heterocycles. The summed E-state index contributed by atoms with van der Waals surface area (Å²) in [7, 11) is -4.07. The Balaban J connectivity index is 2.07. The van der Waals surface area contributed by atoms with Crippen LogP contribution in [-0.4, -0.2) is 71.2 Å². The SMILES string of the molecule is NS(=O)(=O)c1ccc(NC(=S)N[C@@H]2C(O)O[C@H](CO)[C@@H](O)[C@@H]2O)c(F)c1. The van der Waals surface area contributed by atoms with Crippen molar-refractivity contribution in [1.29, 1.82) is 0 Å². The number of hydrogen-bond donors (Lipinski definition) is 7. The molecule has 1 aliphatic heterocycles. The maximum atomic E-state index is 14.0. The molecule has 0 aromatic heterocycles. The van der Waals surface area contributed by atoms with Crippen molar-refractivity contribution in [3.05, 3.63) is 24.0 Å². The number of thiocarbonyl (C=S) groups is 1. The van der Waals surface area contributed by atoms with Crippen LogP contribution in [0, 0.1) is 5.82 Å². The van der Waals surface area contributed by atoms with Crippen LogP contribution >= 0.6 is 12.2 Å². The number of sulfonamides is 1. The second-order valence-corrected chi connectivity index (χ2v) is 7.51. The van der Waals surface area contributed by atoms with Gasteiger partial charge in [-0.2, -0.15) is 0 Å². The van der Waals surface area contributed by atoms with Crippen LogP contribution in [0.4, 0.5) is 10.1 Å². The van der Waals surface area contributed by atoms with Crippen LogP contribution in [0.15, 0.2) is 23.1 Å². The Hall–Kier alpha value is -1.45. The average Bonchev–Trinajstić information content (AvgIpc) is 2.55. The van der Waals surface area contributed by atoms with Crippen molar-refractivity contribution in [1.82, 2.24) is 5.32 Å². The van der Waals surface area contributed by atoms with Gasteiger partial charge in [-0.25, -0.2) is 17.9 Å². The molecule has 1 unspecified atom stereocenters. The van der Waals surface area contributed by atoms with Crippen LogP contribution in [0.1, 0.15) is 0 Å². The summed E-state index contributed by atoms with van der Waals surface area (Å²) in [5, 5.41) is 48.2. The Morgan fingerprint density at radius 3 is 2.50 bits per heavy atom. The first kappa shape index (κ1) is 20.9. The largest absolute Gasteiger partial charge is 0.394 e. The van der Waals surface area contributed by atoms with Crippen LogP contribution in [-0.2, 0) is 14.8 Å². The van der Waals surface area contributed by atoms with Gasteiger partial charge in [0, 0.05) is 0 Å². The molecule has 1 aromatic rings. The number of rotatable bonds is 4. The van der Waals surface area contributed by atoms with E-state index in [4.69, 9.17) is 27.2 Å². The highest BCUT2D eigenvalue weighted by molar-refractivity contribution is 7.89. The molecular weight excluding hydrogens is 393 g/mol. The molecule has 10 nitrogen and oxygen atoms in total. The molecule has 1 aliphatic rings. The third-order valence-electron chi connectivity index (χ3n) is 3.72. The molecule has 5 atom stereocenters. The number of aliphatic hydroxyl groups is 4. The molecule has 1 saturated heterocycles. The second kappa shape index (κ2) is 8.06. The zero-order chi connectivity index (χ0) is 19.6. The average molecular weight is 411 g/mol. The number of halogens is 1. The summed E-state index contributed by atoms with van der Waals surface area (Å²) in [6.07, 6.45) is -5.82. The van der Waals surface area contributed by atoms with Gasteiger partial charge in [0.25, 0.3) is 0 Å². The number of aliphatic hydroxyl groups excluding tert-OH is 4. The van der Waals surface area contributed by atoms with E-state index in [1.54, 1.807) is 0 Å². The Morgan fingerprint density at radius 2 is 1.96 bits per heavy atom. The Bertz CT molecular complexity index is 779. The molecule has 1 aromatic carbocycles. The summed E-state index contributed by atoms with van der Waals surface area (Å²) >= 11 is 4.94. The van der Waals surface area contributed by atoms with Crippen molar-refractivity contribution in [2.24, 2.45) is 5.14 Å². The first-order valence-corrected chi connectivity index (χ1v) is 9.20. The van der Waals surface area contributed by atoms with Crippen LogP contribution in [0.3, 0.4) is 0 Å². The summed E-state index contributed by atoms with van der Waals surface area (Å²) in [5.41, 5.74) is -0.190. The first-order chi connectivity index (χ1) is 12.0. The predicted octanol–water partition coefficient (Wildman–Crippen LogP) is -2.44. The van der Waals surface area contributed by atoms with Gasteiger partial charge in [-0.3, -0.25) is 0 Å². The van der Waals surface area contributed by atoms with Crippen molar-refractivity contribution in [2.75, 3.05) is 11.9 Å². The Labute approximate surface area is 153 Å². The van der Waals surface area contributed by atoms with Crippen molar-refractivity contribution < 1.29 is 38.0 Å². The van der Waals surface area contributed by atoms with Crippen molar-refractivity contribution in [3.8, 4) is 0 Å². The molecule has 0 saturated carbocycles. The lowest BCUT2D eigenvalue weighted by atomic mass is 9.97. The topological polar surface area (TPSA) is 174 Å². The lowest BCUT2D eigenvalue weighted by molar-refractivity contribution is -0.251. The highest BCUT2D eigenvalue weighted by atomic mass is 32.2. The minimum atomic E-state index is -4.07. The predicted molar refractivity (Wildman–Crippen MR) is 90.9 cm³/mol. The minimum Gasteiger partial charge on any atom is -0.394 e. The molecule has 0 bridgehead atoms. The number of nitrogens with two attached hydrogens (primary N) is 1. The summed E-state index contributed by atoms with van der Waals surface area (Å²) < 4.78 is 41.3. The molecule has 2 rings (SSSR count). The standard InChI is InChI=1S/C13H18FN3O7S2/c14-6-3-5(26(15,22)23)1-2-7(6)16-13(25)17-9-11(20)10(19)8(4-18)24-12(9)21/h1-3,8-12,18-21H,4H2,(H2,15,22,23)(H2,16,17,25)/t8-,9+,10-,11-,12?/m1/s1. The van der Waals surface area contributed by atoms with Crippen LogP contribution < -0.4 is 15.8 Å². The van der Waals surface area contributed by atoms with E-state index < -0.39 is 58.0 Å². The van der Waals surface area contributed by atoms with Crippen molar-refractivity contribution in [2.45, 2.75) is 35.5 Å². The van der Waals surface area contributed by atoms with E-state index in [2.05, 4.69) is 10.6 Å². The number of nitrogens with one attached hydrogen (secondary N) is 2. The second-order valence-electron chi connectivity index (χ2n) is 5.54. The van der Waals surface area contributed by atoms with Crippen LogP contribution in [0.5, 0.6) is 0 Å². The number of benzene rings is 1. The molecule has 13 heteroatoms. The van der Waals surface area contributed by atoms with Gasteiger partial charge in [-0.05, 0) is 30.4 Å². The van der Waals surface area contributed by atoms with Gasteiger partial charge in [0.2, 0.25) is 10.0 Å². The van der Waals surface area contributed by atoms with Gasteiger partial charge in [-0.1, -0.05) is 0 Å². The van der Waals surface area contributed by atoms with E-state index in [-0.39, 0.29) is 10.8 Å². The molecular formula is C13H18FN3O7S2. The third-order valence-corrected chi connectivity index (χ3v) is 4.85. The highest BCUT2D eigenvalue weighted by Gasteiger charge is 2.43. The smallest absolute Gasteiger partial charge is 0.238 e. The van der Waals surface area contributed by atoms with Gasteiger partial charge in [-0.15, -0.1) is 0 Å². The minimum absolute atomic E-state index is 0.190.